The molecule has 0 bridgehead atoms. The molecule has 4 aromatic rings. The van der Waals surface area contributed by atoms with Gasteiger partial charge < -0.3 is 9.32 Å². The van der Waals surface area contributed by atoms with Gasteiger partial charge >= 0.3 is 0 Å². The van der Waals surface area contributed by atoms with Crippen LogP contribution in [0.2, 0.25) is 0 Å². The van der Waals surface area contributed by atoms with Crippen LogP contribution in [0.5, 0.6) is 0 Å². The van der Waals surface area contributed by atoms with E-state index in [1.807, 2.05) is 62.4 Å². The number of benzene rings is 2. The fraction of sp³-hybridized carbons (Fsp3) is 0.286. The summed E-state index contributed by atoms with van der Waals surface area (Å²) in [6.07, 6.45) is 4.36. The zero-order valence-corrected chi connectivity index (χ0v) is 21.4. The zero-order chi connectivity index (χ0) is 25.5. The molecule has 0 aliphatic rings. The maximum Gasteiger partial charge on any atom is 0.245 e. The van der Waals surface area contributed by atoms with Crippen LogP contribution in [-0.4, -0.2) is 47.6 Å². The molecule has 36 heavy (non-hydrogen) atoms. The summed E-state index contributed by atoms with van der Waals surface area (Å²) in [5.74, 6) is 0.368. The molecule has 1 atom stereocenters. The summed E-state index contributed by atoms with van der Waals surface area (Å²) >= 11 is 0. The van der Waals surface area contributed by atoms with E-state index in [9.17, 15) is 13.2 Å². The van der Waals surface area contributed by atoms with Gasteiger partial charge in [0.05, 0.1) is 24.9 Å². The highest BCUT2D eigenvalue weighted by Crippen LogP contribution is 2.26. The quantitative estimate of drug-likeness (QED) is 0.290. The summed E-state index contributed by atoms with van der Waals surface area (Å²) in [5.41, 5.74) is 1.50. The van der Waals surface area contributed by atoms with E-state index in [4.69, 9.17) is 4.42 Å². The van der Waals surface area contributed by atoms with Crippen LogP contribution in [0.4, 0.5) is 0 Å². The van der Waals surface area contributed by atoms with Crippen LogP contribution in [0.1, 0.15) is 31.6 Å². The molecule has 0 saturated carbocycles. The highest BCUT2D eigenvalue weighted by molar-refractivity contribution is 7.89. The molecule has 7 nitrogen and oxygen atoms in total. The van der Waals surface area contributed by atoms with Crippen molar-refractivity contribution in [1.29, 1.82) is 0 Å². The Labute approximate surface area is 212 Å². The van der Waals surface area contributed by atoms with Crippen molar-refractivity contribution >= 4 is 26.8 Å². The summed E-state index contributed by atoms with van der Waals surface area (Å²) in [6.45, 7) is 4.17. The molecule has 0 saturated heterocycles. The van der Waals surface area contributed by atoms with Crippen LogP contribution in [0.25, 0.3) is 10.9 Å². The van der Waals surface area contributed by atoms with Crippen molar-refractivity contribution in [3.63, 3.8) is 0 Å². The lowest BCUT2D eigenvalue weighted by atomic mass is 10.1. The van der Waals surface area contributed by atoms with E-state index in [2.05, 4.69) is 4.98 Å². The van der Waals surface area contributed by atoms with Crippen molar-refractivity contribution in [2.45, 2.75) is 44.2 Å². The maximum absolute atomic E-state index is 13.9. The van der Waals surface area contributed by atoms with Gasteiger partial charge in [-0.1, -0.05) is 55.5 Å². The van der Waals surface area contributed by atoms with Crippen LogP contribution >= 0.6 is 0 Å². The highest BCUT2D eigenvalue weighted by Gasteiger charge is 2.33. The molecule has 8 heteroatoms. The Balaban J connectivity index is 1.62. The third-order valence-corrected chi connectivity index (χ3v) is 8.34. The number of hydrogen-bond acceptors (Lipinski definition) is 5. The number of amides is 1. The molecule has 2 aromatic carbocycles. The first-order valence-corrected chi connectivity index (χ1v) is 13.5. The van der Waals surface area contributed by atoms with E-state index in [1.54, 1.807) is 41.6 Å². The van der Waals surface area contributed by atoms with Gasteiger partial charge in [0, 0.05) is 24.2 Å². The average molecular weight is 506 g/mol. The number of carbonyl (C=O) groups is 1. The van der Waals surface area contributed by atoms with Gasteiger partial charge in [0.2, 0.25) is 15.9 Å². The number of para-hydroxylation sites is 1. The zero-order valence-electron chi connectivity index (χ0n) is 20.6. The van der Waals surface area contributed by atoms with Crippen LogP contribution in [-0.2, 0) is 27.8 Å². The Morgan fingerprint density at radius 3 is 2.50 bits per heavy atom. The molecule has 2 aromatic heterocycles. The molecule has 0 radical (unpaired) electrons. The van der Waals surface area contributed by atoms with Gasteiger partial charge in [-0.05, 0) is 49.6 Å². The van der Waals surface area contributed by atoms with E-state index in [0.29, 0.717) is 30.7 Å². The molecule has 188 valence electrons. The molecule has 0 spiro atoms. The SMILES string of the molecule is CCC(C)N(CC(=O)N(CCc1ccccc1)Cc1ccco1)S(=O)(=O)c1cccc2cccnc12. The Morgan fingerprint density at radius 1 is 1.00 bits per heavy atom. The third kappa shape index (κ3) is 5.83. The van der Waals surface area contributed by atoms with Gasteiger partial charge in [-0.15, -0.1) is 0 Å². The number of rotatable bonds is 11. The first-order valence-electron chi connectivity index (χ1n) is 12.1. The fourth-order valence-corrected chi connectivity index (χ4v) is 5.94. The number of furan rings is 1. The van der Waals surface area contributed by atoms with Crippen molar-refractivity contribution in [2.75, 3.05) is 13.1 Å². The lowest BCUT2D eigenvalue weighted by molar-refractivity contribution is -0.132. The standard InChI is InChI=1S/C28H31N3O4S/c1-3-22(2)31(36(33,34)26-15-7-12-24-13-8-17-29-28(24)26)21-27(32)30(20-25-14-9-19-35-25)18-16-23-10-5-4-6-11-23/h4-15,17,19,22H,3,16,18,20-21H2,1-2H3. The van der Waals surface area contributed by atoms with Crippen molar-refractivity contribution in [3.8, 4) is 0 Å². The maximum atomic E-state index is 13.9. The van der Waals surface area contributed by atoms with Gasteiger partial charge in [-0.3, -0.25) is 9.78 Å². The fourth-order valence-electron chi connectivity index (χ4n) is 4.12. The molecule has 0 aliphatic heterocycles. The van der Waals surface area contributed by atoms with Crippen molar-refractivity contribution in [3.05, 3.63) is 96.6 Å². The van der Waals surface area contributed by atoms with E-state index in [1.165, 1.54) is 4.31 Å². The molecule has 2 heterocycles. The van der Waals surface area contributed by atoms with Crippen LogP contribution < -0.4 is 0 Å². The summed E-state index contributed by atoms with van der Waals surface area (Å²) < 4.78 is 34.6. The largest absolute Gasteiger partial charge is 0.467 e. The number of aromatic nitrogens is 1. The third-order valence-electron chi connectivity index (χ3n) is 6.35. The lowest BCUT2D eigenvalue weighted by Gasteiger charge is -2.30. The Hall–Kier alpha value is -3.49. The van der Waals surface area contributed by atoms with E-state index >= 15 is 0 Å². The van der Waals surface area contributed by atoms with Gasteiger partial charge in [0.25, 0.3) is 0 Å². The summed E-state index contributed by atoms with van der Waals surface area (Å²) in [7, 11) is -4.00. The van der Waals surface area contributed by atoms with Crippen molar-refractivity contribution < 1.29 is 17.6 Å². The number of fused-ring (bicyclic) bond motifs is 1. The molecule has 4 rings (SSSR count). The van der Waals surface area contributed by atoms with Gasteiger partial charge in [-0.25, -0.2) is 8.42 Å². The first-order chi connectivity index (χ1) is 17.4. The van der Waals surface area contributed by atoms with Gasteiger partial charge in [0.15, 0.2) is 0 Å². The minimum Gasteiger partial charge on any atom is -0.467 e. The monoisotopic (exact) mass is 505 g/mol. The van der Waals surface area contributed by atoms with E-state index < -0.39 is 10.0 Å². The Kier molecular flexibility index (Phi) is 8.18. The van der Waals surface area contributed by atoms with E-state index in [-0.39, 0.29) is 29.9 Å². The van der Waals surface area contributed by atoms with Crippen molar-refractivity contribution in [1.82, 2.24) is 14.2 Å². The van der Waals surface area contributed by atoms with Crippen LogP contribution in [0.3, 0.4) is 0 Å². The second-order valence-corrected chi connectivity index (χ2v) is 10.6. The van der Waals surface area contributed by atoms with Crippen LogP contribution in [0.15, 0.2) is 94.6 Å². The van der Waals surface area contributed by atoms with Crippen molar-refractivity contribution in [2.24, 2.45) is 0 Å². The number of sulfonamides is 1. The number of pyridine rings is 1. The minimum absolute atomic E-state index is 0.107. The molecule has 0 fully saturated rings. The number of hydrogen-bond donors (Lipinski definition) is 0. The Morgan fingerprint density at radius 2 is 1.78 bits per heavy atom. The molecule has 0 N–H and O–H groups in total. The normalized spacial score (nSPS) is 12.6. The number of nitrogens with zero attached hydrogens (tertiary/aromatic N) is 3. The predicted octanol–water partition coefficient (Wildman–Crippen LogP) is 4.89. The van der Waals surface area contributed by atoms with E-state index in [0.717, 1.165) is 10.9 Å². The van der Waals surface area contributed by atoms with Crippen LogP contribution in [0, 0.1) is 0 Å². The highest BCUT2D eigenvalue weighted by atomic mass is 32.2. The smallest absolute Gasteiger partial charge is 0.245 e. The molecular weight excluding hydrogens is 474 g/mol. The first kappa shape index (κ1) is 25.6. The van der Waals surface area contributed by atoms with Gasteiger partial charge in [0.1, 0.15) is 10.7 Å². The molecule has 0 aliphatic carbocycles. The lowest BCUT2D eigenvalue weighted by Crippen LogP contribution is -2.46. The summed E-state index contributed by atoms with van der Waals surface area (Å²) in [5, 5.41) is 0.733. The minimum atomic E-state index is -4.00. The molecular formula is C28H31N3O4S. The number of carbonyl (C=O) groups excluding carboxylic acids is 1. The topological polar surface area (TPSA) is 83.7 Å². The average Bonchev–Trinajstić information content (AvgIpc) is 3.42. The molecule has 1 amide bonds. The Bertz CT molecular complexity index is 1380. The summed E-state index contributed by atoms with van der Waals surface area (Å²) in [4.78, 5) is 19.7. The summed E-state index contributed by atoms with van der Waals surface area (Å²) in [6, 6.07) is 21.8. The predicted molar refractivity (Wildman–Crippen MR) is 140 cm³/mol. The molecule has 1 unspecified atom stereocenters. The van der Waals surface area contributed by atoms with Gasteiger partial charge in [-0.2, -0.15) is 4.31 Å². The second kappa shape index (κ2) is 11.5. The second-order valence-electron chi connectivity index (χ2n) is 8.77.